The summed E-state index contributed by atoms with van der Waals surface area (Å²) in [6.07, 6.45) is 2.01. The SMILES string of the molecule is N#CB1CCCN1c1cccc(Cl)c1Br. The lowest BCUT2D eigenvalue weighted by Gasteiger charge is -2.22. The van der Waals surface area contributed by atoms with Gasteiger partial charge in [-0.3, -0.25) is 0 Å². The summed E-state index contributed by atoms with van der Waals surface area (Å²) in [4.78, 5) is 2.11. The van der Waals surface area contributed by atoms with Crippen LogP contribution in [-0.2, 0) is 0 Å². The molecule has 15 heavy (non-hydrogen) atoms. The summed E-state index contributed by atoms with van der Waals surface area (Å²) in [5, 5.41) is 9.71. The van der Waals surface area contributed by atoms with Gasteiger partial charge in [-0.2, -0.15) is 0 Å². The van der Waals surface area contributed by atoms with Crippen LogP contribution in [0.3, 0.4) is 0 Å². The summed E-state index contributed by atoms with van der Waals surface area (Å²) in [6.45, 7) is 0.914. The summed E-state index contributed by atoms with van der Waals surface area (Å²) in [6, 6.07) is 5.74. The Hall–Kier alpha value is -0.655. The minimum atomic E-state index is -0.0141. The van der Waals surface area contributed by atoms with Gasteiger partial charge in [0.1, 0.15) is 0 Å². The van der Waals surface area contributed by atoms with Crippen molar-refractivity contribution in [2.45, 2.75) is 12.7 Å². The number of anilines is 1. The molecule has 1 aliphatic rings. The van der Waals surface area contributed by atoms with Crippen molar-refractivity contribution in [1.29, 1.82) is 5.26 Å². The number of nitrogens with zero attached hydrogens (tertiary/aromatic N) is 2. The maximum absolute atomic E-state index is 9.02. The molecule has 0 radical (unpaired) electrons. The van der Waals surface area contributed by atoms with Crippen LogP contribution in [-0.4, -0.2) is 13.4 Å². The molecule has 0 atom stereocenters. The van der Waals surface area contributed by atoms with Gasteiger partial charge in [0.15, 0.2) is 0 Å². The van der Waals surface area contributed by atoms with E-state index in [9.17, 15) is 0 Å². The normalized spacial score (nSPS) is 15.5. The highest BCUT2D eigenvalue weighted by Gasteiger charge is 2.30. The van der Waals surface area contributed by atoms with Crippen molar-refractivity contribution in [1.82, 2.24) is 0 Å². The van der Waals surface area contributed by atoms with Gasteiger partial charge < -0.3 is 4.81 Å². The van der Waals surface area contributed by atoms with Gasteiger partial charge in [0.05, 0.1) is 9.50 Å². The van der Waals surface area contributed by atoms with E-state index in [4.69, 9.17) is 16.9 Å². The molecule has 76 valence electrons. The lowest BCUT2D eigenvalue weighted by molar-refractivity contribution is 0.981. The second kappa shape index (κ2) is 4.46. The smallest absolute Gasteiger partial charge is 0.378 e. The van der Waals surface area contributed by atoms with Gasteiger partial charge in [0.2, 0.25) is 0 Å². The molecule has 1 aromatic carbocycles. The highest BCUT2D eigenvalue weighted by molar-refractivity contribution is 9.10. The van der Waals surface area contributed by atoms with E-state index in [1.807, 2.05) is 18.2 Å². The van der Waals surface area contributed by atoms with E-state index >= 15 is 0 Å². The Balaban J connectivity index is 2.37. The van der Waals surface area contributed by atoms with Gasteiger partial charge in [0, 0.05) is 18.2 Å². The van der Waals surface area contributed by atoms with Crippen LogP contribution in [0.2, 0.25) is 11.3 Å². The molecular weight excluding hydrogens is 274 g/mol. The first-order valence-electron chi connectivity index (χ1n) is 4.84. The predicted octanol–water partition coefficient (Wildman–Crippen LogP) is 3.37. The highest BCUT2D eigenvalue weighted by Crippen LogP contribution is 2.35. The Morgan fingerprint density at radius 1 is 1.53 bits per heavy atom. The molecular formula is C10H9BBrClN2. The monoisotopic (exact) mass is 282 g/mol. The molecule has 0 unspecified atom stereocenters. The summed E-state index contributed by atoms with van der Waals surface area (Å²) in [5.74, 6) is 2.32. The Kier molecular flexibility index (Phi) is 3.23. The topological polar surface area (TPSA) is 27.0 Å². The molecule has 0 aliphatic carbocycles. The third kappa shape index (κ3) is 1.99. The maximum Gasteiger partial charge on any atom is 0.378 e. The van der Waals surface area contributed by atoms with Crippen LogP contribution in [0.1, 0.15) is 6.42 Å². The van der Waals surface area contributed by atoms with Crippen LogP contribution in [0, 0.1) is 11.2 Å². The van der Waals surface area contributed by atoms with Crippen LogP contribution in [0.25, 0.3) is 0 Å². The first kappa shape index (κ1) is 10.8. The van der Waals surface area contributed by atoms with Crippen molar-refractivity contribution in [3.05, 3.63) is 27.7 Å². The number of halogens is 2. The van der Waals surface area contributed by atoms with Crippen molar-refractivity contribution in [3.8, 4) is 5.97 Å². The van der Waals surface area contributed by atoms with Crippen molar-refractivity contribution in [2.75, 3.05) is 11.4 Å². The number of benzene rings is 1. The molecule has 1 aromatic rings. The van der Waals surface area contributed by atoms with Crippen LogP contribution < -0.4 is 4.81 Å². The predicted molar refractivity (Wildman–Crippen MR) is 67.3 cm³/mol. The molecule has 0 N–H and O–H groups in total. The summed E-state index contributed by atoms with van der Waals surface area (Å²) in [5.41, 5.74) is 1.02. The first-order valence-corrected chi connectivity index (χ1v) is 6.01. The zero-order valence-electron chi connectivity index (χ0n) is 8.08. The molecule has 1 heterocycles. The Morgan fingerprint density at radius 3 is 3.07 bits per heavy atom. The Labute approximate surface area is 103 Å². The van der Waals surface area contributed by atoms with Gasteiger partial charge in [-0.1, -0.05) is 17.7 Å². The van der Waals surface area contributed by atoms with Crippen molar-refractivity contribution in [3.63, 3.8) is 0 Å². The summed E-state index contributed by atoms with van der Waals surface area (Å²) in [7, 11) is 0. The number of rotatable bonds is 1. The maximum atomic E-state index is 9.02. The molecule has 0 saturated carbocycles. The van der Waals surface area contributed by atoms with Crippen LogP contribution in [0.5, 0.6) is 0 Å². The molecule has 0 aromatic heterocycles. The summed E-state index contributed by atoms with van der Waals surface area (Å²) < 4.78 is 0.883. The van der Waals surface area contributed by atoms with Gasteiger partial charge in [-0.15, -0.1) is 0 Å². The molecule has 1 fully saturated rings. The molecule has 1 saturated heterocycles. The van der Waals surface area contributed by atoms with Crippen LogP contribution in [0.4, 0.5) is 5.69 Å². The van der Waals surface area contributed by atoms with Crippen LogP contribution >= 0.6 is 27.5 Å². The van der Waals surface area contributed by atoms with Gasteiger partial charge in [-0.05, 0) is 40.8 Å². The minimum absolute atomic E-state index is 0.0141. The average molecular weight is 283 g/mol. The van der Waals surface area contributed by atoms with E-state index in [1.54, 1.807) is 0 Å². The second-order valence-electron chi connectivity index (χ2n) is 3.55. The zero-order chi connectivity index (χ0) is 10.8. The first-order chi connectivity index (χ1) is 7.24. The van der Waals surface area contributed by atoms with E-state index in [2.05, 4.69) is 26.7 Å². The lowest BCUT2D eigenvalue weighted by atomic mass is 9.61. The lowest BCUT2D eigenvalue weighted by Crippen LogP contribution is -2.32. The fourth-order valence-electron chi connectivity index (χ4n) is 1.90. The van der Waals surface area contributed by atoms with Crippen molar-refractivity contribution < 1.29 is 0 Å². The van der Waals surface area contributed by atoms with E-state index in [0.717, 1.165) is 29.4 Å². The van der Waals surface area contributed by atoms with Crippen molar-refractivity contribution in [2.24, 2.45) is 0 Å². The quantitative estimate of drug-likeness (QED) is 0.739. The van der Waals surface area contributed by atoms with E-state index in [0.29, 0.717) is 5.02 Å². The minimum Gasteiger partial charge on any atom is -0.401 e. The van der Waals surface area contributed by atoms with Gasteiger partial charge in [-0.25, -0.2) is 5.26 Å². The van der Waals surface area contributed by atoms with E-state index < -0.39 is 0 Å². The zero-order valence-corrected chi connectivity index (χ0v) is 10.4. The fraction of sp³-hybridized carbons (Fsp3) is 0.300. The highest BCUT2D eigenvalue weighted by atomic mass is 79.9. The molecule has 2 nitrogen and oxygen atoms in total. The van der Waals surface area contributed by atoms with E-state index in [1.165, 1.54) is 0 Å². The number of nitriles is 1. The Bertz CT molecular complexity index is 418. The van der Waals surface area contributed by atoms with E-state index in [-0.39, 0.29) is 6.85 Å². The van der Waals surface area contributed by atoms with Crippen molar-refractivity contribution >= 4 is 40.1 Å². The van der Waals surface area contributed by atoms with Gasteiger partial charge >= 0.3 is 6.85 Å². The molecule has 1 aliphatic heterocycles. The fourth-order valence-corrected chi connectivity index (χ4v) is 2.57. The third-order valence-electron chi connectivity index (χ3n) is 2.64. The van der Waals surface area contributed by atoms with Crippen LogP contribution in [0.15, 0.2) is 22.7 Å². The number of hydrogen-bond acceptors (Lipinski definition) is 2. The second-order valence-corrected chi connectivity index (χ2v) is 4.75. The largest absolute Gasteiger partial charge is 0.401 e. The third-order valence-corrected chi connectivity index (χ3v) is 4.02. The standard InChI is InChI=1S/C10H9BBrClN2/c12-10-8(13)3-1-4-9(10)15-6-2-5-11(15)7-14/h1,3-4H,2,5-6H2. The van der Waals surface area contributed by atoms with Gasteiger partial charge in [0.25, 0.3) is 0 Å². The summed E-state index contributed by atoms with van der Waals surface area (Å²) >= 11 is 9.49. The average Bonchev–Trinajstić information content (AvgIpc) is 2.70. The molecule has 0 bridgehead atoms. The number of hydrogen-bond donors (Lipinski definition) is 0. The molecule has 0 amide bonds. The molecule has 5 heteroatoms. The Morgan fingerprint density at radius 2 is 2.33 bits per heavy atom. The molecule has 0 spiro atoms. The molecule has 2 rings (SSSR count).